The minimum Gasteiger partial charge on any atom is -0.289 e. The van der Waals surface area contributed by atoms with Gasteiger partial charge in [0, 0.05) is 15.6 Å². The van der Waals surface area contributed by atoms with E-state index in [4.69, 9.17) is 0 Å². The van der Waals surface area contributed by atoms with Gasteiger partial charge in [0.25, 0.3) is 0 Å². The van der Waals surface area contributed by atoms with Crippen molar-refractivity contribution in [1.82, 2.24) is 0 Å². The first-order valence-corrected chi connectivity index (χ1v) is 7.81. The van der Waals surface area contributed by atoms with Crippen molar-refractivity contribution in [2.75, 3.05) is 0 Å². The highest BCUT2D eigenvalue weighted by Crippen LogP contribution is 2.29. The van der Waals surface area contributed by atoms with Gasteiger partial charge >= 0.3 is 0 Å². The molecule has 0 amide bonds. The number of aryl methyl sites for hydroxylation is 1. The van der Waals surface area contributed by atoms with Crippen LogP contribution in [0, 0.1) is 0 Å². The van der Waals surface area contributed by atoms with E-state index in [1.807, 2.05) is 60.7 Å². The Labute approximate surface area is 132 Å². The molecule has 0 aliphatic rings. The summed E-state index contributed by atoms with van der Waals surface area (Å²) in [7, 11) is 0. The second-order valence-electron chi connectivity index (χ2n) is 4.98. The van der Waals surface area contributed by atoms with Gasteiger partial charge in [0.1, 0.15) is 0 Å². The smallest absolute Gasteiger partial charge is 0.195 e. The molecule has 0 spiro atoms. The first-order chi connectivity index (χ1) is 10.2. The minimum atomic E-state index is 0.0797. The second kappa shape index (κ2) is 5.82. The molecule has 1 nitrogen and oxygen atoms in total. The van der Waals surface area contributed by atoms with Crippen LogP contribution in [0.15, 0.2) is 65.1 Å². The van der Waals surface area contributed by atoms with Gasteiger partial charge in [0.05, 0.1) is 0 Å². The molecule has 0 N–H and O–H groups in total. The molecule has 0 saturated carbocycles. The summed E-state index contributed by atoms with van der Waals surface area (Å²) in [6, 6.07) is 19.8. The van der Waals surface area contributed by atoms with Crippen molar-refractivity contribution in [3.63, 3.8) is 0 Å². The van der Waals surface area contributed by atoms with Crippen LogP contribution in [-0.2, 0) is 6.42 Å². The molecule has 0 unspecified atom stereocenters. The van der Waals surface area contributed by atoms with E-state index in [2.05, 4.69) is 22.9 Å². The number of carbonyl (C=O) groups excluding carboxylic acids is 1. The fraction of sp³-hybridized carbons (Fsp3) is 0.105. The Balaban J connectivity index is 2.25. The number of rotatable bonds is 3. The Hall–Kier alpha value is -1.93. The fourth-order valence-corrected chi connectivity index (χ4v) is 3.19. The molecule has 0 radical (unpaired) electrons. The molecule has 0 atom stereocenters. The van der Waals surface area contributed by atoms with Gasteiger partial charge in [0.15, 0.2) is 5.78 Å². The van der Waals surface area contributed by atoms with Crippen molar-refractivity contribution < 1.29 is 4.79 Å². The van der Waals surface area contributed by atoms with Crippen molar-refractivity contribution in [3.8, 4) is 0 Å². The lowest BCUT2D eigenvalue weighted by atomic mass is 9.93. The van der Waals surface area contributed by atoms with Crippen LogP contribution in [0.5, 0.6) is 0 Å². The summed E-state index contributed by atoms with van der Waals surface area (Å²) >= 11 is 3.54. The Bertz CT molecular complexity index is 821. The molecule has 0 heterocycles. The maximum Gasteiger partial charge on any atom is 0.195 e. The van der Waals surface area contributed by atoms with Gasteiger partial charge in [-0.1, -0.05) is 77.5 Å². The Morgan fingerprint density at radius 2 is 1.67 bits per heavy atom. The highest BCUT2D eigenvalue weighted by Gasteiger charge is 2.18. The molecule has 0 fully saturated rings. The van der Waals surface area contributed by atoms with E-state index in [0.717, 1.165) is 38.4 Å². The number of benzene rings is 3. The van der Waals surface area contributed by atoms with Gasteiger partial charge in [-0.05, 0) is 28.8 Å². The van der Waals surface area contributed by atoms with Gasteiger partial charge in [-0.3, -0.25) is 4.79 Å². The molecular formula is C19H15BrO. The van der Waals surface area contributed by atoms with Crippen LogP contribution in [0.25, 0.3) is 10.8 Å². The lowest BCUT2D eigenvalue weighted by Crippen LogP contribution is -2.06. The van der Waals surface area contributed by atoms with Crippen LogP contribution in [0.4, 0.5) is 0 Å². The van der Waals surface area contributed by atoms with E-state index in [9.17, 15) is 4.79 Å². The molecule has 3 rings (SSSR count). The van der Waals surface area contributed by atoms with E-state index in [0.29, 0.717) is 0 Å². The quantitative estimate of drug-likeness (QED) is 0.584. The van der Waals surface area contributed by atoms with E-state index >= 15 is 0 Å². The minimum absolute atomic E-state index is 0.0797. The van der Waals surface area contributed by atoms with Crippen LogP contribution < -0.4 is 0 Å². The van der Waals surface area contributed by atoms with Crippen LogP contribution >= 0.6 is 15.9 Å². The van der Waals surface area contributed by atoms with E-state index < -0.39 is 0 Å². The van der Waals surface area contributed by atoms with Crippen molar-refractivity contribution in [3.05, 3.63) is 81.8 Å². The molecular weight excluding hydrogens is 324 g/mol. The number of ketones is 1. The highest BCUT2D eigenvalue weighted by molar-refractivity contribution is 9.10. The molecule has 3 aromatic carbocycles. The molecule has 0 bridgehead atoms. The monoisotopic (exact) mass is 338 g/mol. The van der Waals surface area contributed by atoms with Crippen LogP contribution in [0.3, 0.4) is 0 Å². The molecule has 2 heteroatoms. The van der Waals surface area contributed by atoms with Gasteiger partial charge < -0.3 is 0 Å². The predicted octanol–water partition coefficient (Wildman–Crippen LogP) is 5.40. The number of fused-ring (bicyclic) bond motifs is 1. The molecule has 104 valence electrons. The van der Waals surface area contributed by atoms with E-state index in [1.165, 1.54) is 0 Å². The number of hydrogen-bond donors (Lipinski definition) is 0. The van der Waals surface area contributed by atoms with Crippen LogP contribution in [0.2, 0.25) is 0 Å². The maximum absolute atomic E-state index is 13.0. The molecule has 0 aliphatic heterocycles. The lowest BCUT2D eigenvalue weighted by molar-refractivity contribution is 0.103. The third-order valence-electron chi connectivity index (χ3n) is 3.75. The Kier molecular flexibility index (Phi) is 3.89. The molecule has 21 heavy (non-hydrogen) atoms. The first-order valence-electron chi connectivity index (χ1n) is 7.02. The first kappa shape index (κ1) is 14.0. The standard InChI is InChI=1S/C19H15BrO/c1-2-13-7-3-6-10-16(13)19(21)18-15-9-5-4-8-14(15)11-12-17(18)20/h3-12H,2H2,1H3. The third-order valence-corrected chi connectivity index (χ3v) is 4.41. The zero-order valence-electron chi connectivity index (χ0n) is 11.8. The summed E-state index contributed by atoms with van der Waals surface area (Å²) in [6.07, 6.45) is 0.851. The highest BCUT2D eigenvalue weighted by atomic mass is 79.9. The van der Waals surface area contributed by atoms with Gasteiger partial charge in [-0.2, -0.15) is 0 Å². The summed E-state index contributed by atoms with van der Waals surface area (Å²) in [5, 5.41) is 2.07. The maximum atomic E-state index is 13.0. The van der Waals surface area contributed by atoms with Crippen molar-refractivity contribution in [1.29, 1.82) is 0 Å². The Morgan fingerprint density at radius 3 is 2.48 bits per heavy atom. The molecule has 0 saturated heterocycles. The lowest BCUT2D eigenvalue weighted by Gasteiger charge is -2.11. The predicted molar refractivity (Wildman–Crippen MR) is 90.9 cm³/mol. The van der Waals surface area contributed by atoms with Gasteiger partial charge in [-0.25, -0.2) is 0 Å². The van der Waals surface area contributed by atoms with Gasteiger partial charge in [-0.15, -0.1) is 0 Å². The average molecular weight is 339 g/mol. The number of carbonyl (C=O) groups is 1. The normalized spacial score (nSPS) is 10.8. The summed E-state index contributed by atoms with van der Waals surface area (Å²) in [5.74, 6) is 0.0797. The topological polar surface area (TPSA) is 17.1 Å². The molecule has 3 aromatic rings. The largest absolute Gasteiger partial charge is 0.289 e. The second-order valence-corrected chi connectivity index (χ2v) is 5.84. The molecule has 0 aliphatic carbocycles. The zero-order chi connectivity index (χ0) is 14.8. The number of halogens is 1. The Morgan fingerprint density at radius 1 is 0.952 bits per heavy atom. The summed E-state index contributed by atoms with van der Waals surface area (Å²) in [5.41, 5.74) is 2.62. The van der Waals surface area contributed by atoms with Crippen LogP contribution in [0.1, 0.15) is 28.4 Å². The van der Waals surface area contributed by atoms with E-state index in [-0.39, 0.29) is 5.78 Å². The number of hydrogen-bond acceptors (Lipinski definition) is 1. The van der Waals surface area contributed by atoms with Gasteiger partial charge in [0.2, 0.25) is 0 Å². The van der Waals surface area contributed by atoms with Crippen molar-refractivity contribution in [2.45, 2.75) is 13.3 Å². The van der Waals surface area contributed by atoms with E-state index in [1.54, 1.807) is 0 Å². The fourth-order valence-electron chi connectivity index (χ4n) is 2.66. The van der Waals surface area contributed by atoms with Crippen LogP contribution in [-0.4, -0.2) is 5.78 Å². The average Bonchev–Trinajstić information content (AvgIpc) is 2.54. The van der Waals surface area contributed by atoms with Crippen molar-refractivity contribution in [2.24, 2.45) is 0 Å². The SMILES string of the molecule is CCc1ccccc1C(=O)c1c(Br)ccc2ccccc12. The zero-order valence-corrected chi connectivity index (χ0v) is 13.4. The summed E-state index contributed by atoms with van der Waals surface area (Å²) in [4.78, 5) is 13.0. The molecule has 0 aromatic heterocycles. The third kappa shape index (κ3) is 2.52. The summed E-state index contributed by atoms with van der Waals surface area (Å²) < 4.78 is 0.845. The van der Waals surface area contributed by atoms with Crippen molar-refractivity contribution >= 4 is 32.5 Å². The summed E-state index contributed by atoms with van der Waals surface area (Å²) in [6.45, 7) is 2.07.